The molecule has 6 heteroatoms. The summed E-state index contributed by atoms with van der Waals surface area (Å²) in [5.74, 6) is -0.0152. The van der Waals surface area contributed by atoms with Gasteiger partial charge in [0.25, 0.3) is 0 Å². The largest absolute Gasteiger partial charge is 0.462 e. The molecule has 0 radical (unpaired) electrons. The monoisotopic (exact) mass is 751 g/mol. The Balaban J connectivity index is 4.24. The minimum absolute atomic E-state index is 0.0643. The van der Waals surface area contributed by atoms with Crippen molar-refractivity contribution in [3.05, 3.63) is 0 Å². The molecule has 0 heterocycles. The van der Waals surface area contributed by atoms with E-state index in [0.717, 1.165) is 63.7 Å². The maximum absolute atomic E-state index is 12.7. The van der Waals surface area contributed by atoms with Gasteiger partial charge in [0, 0.05) is 19.3 Å². The summed E-state index contributed by atoms with van der Waals surface area (Å²) >= 11 is 0. The average Bonchev–Trinajstić information content (AvgIpc) is 3.15. The summed E-state index contributed by atoms with van der Waals surface area (Å²) in [7, 11) is 0. The Hall–Kier alpha value is -1.59. The molecule has 0 rings (SSSR count). The Labute approximate surface area is 329 Å². The smallest absolute Gasteiger partial charge is 0.306 e. The van der Waals surface area contributed by atoms with Crippen molar-refractivity contribution in [1.29, 1.82) is 0 Å². The van der Waals surface area contributed by atoms with E-state index in [-0.39, 0.29) is 31.1 Å². The molecule has 6 nitrogen and oxygen atoms in total. The number of hydrogen-bond donors (Lipinski definition) is 0. The molecule has 0 aromatic carbocycles. The van der Waals surface area contributed by atoms with Crippen LogP contribution >= 0.6 is 0 Å². The molecule has 0 saturated carbocycles. The van der Waals surface area contributed by atoms with Gasteiger partial charge >= 0.3 is 17.9 Å². The van der Waals surface area contributed by atoms with Crippen LogP contribution in [-0.2, 0) is 28.6 Å². The second-order valence-electron chi connectivity index (χ2n) is 16.3. The molecule has 0 amide bonds. The Bertz CT molecular complexity index is 798. The van der Waals surface area contributed by atoms with E-state index in [2.05, 4.69) is 27.7 Å². The molecule has 0 aliphatic rings. The van der Waals surface area contributed by atoms with Crippen molar-refractivity contribution in [2.75, 3.05) is 13.2 Å². The molecule has 0 aromatic rings. The minimum Gasteiger partial charge on any atom is -0.462 e. The summed E-state index contributed by atoms with van der Waals surface area (Å²) in [6.45, 7) is 8.97. The molecule has 1 unspecified atom stereocenters. The zero-order chi connectivity index (χ0) is 38.9. The predicted molar refractivity (Wildman–Crippen MR) is 224 cm³/mol. The number of carbonyl (C=O) groups excluding carboxylic acids is 3. The van der Waals surface area contributed by atoms with E-state index < -0.39 is 6.10 Å². The first-order valence-corrected chi connectivity index (χ1v) is 23.4. The van der Waals surface area contributed by atoms with Crippen LogP contribution in [0.15, 0.2) is 0 Å². The van der Waals surface area contributed by atoms with Crippen molar-refractivity contribution in [2.24, 2.45) is 5.92 Å². The minimum atomic E-state index is -0.759. The molecular weight excluding hydrogens is 661 g/mol. The quantitative estimate of drug-likeness (QED) is 0.0351. The number of hydrogen-bond acceptors (Lipinski definition) is 6. The van der Waals surface area contributed by atoms with Gasteiger partial charge in [0.1, 0.15) is 13.2 Å². The van der Waals surface area contributed by atoms with Crippen LogP contribution in [0, 0.1) is 5.92 Å². The summed E-state index contributed by atoms with van der Waals surface area (Å²) in [4.78, 5) is 37.6. The highest BCUT2D eigenvalue weighted by Crippen LogP contribution is 2.17. The molecule has 53 heavy (non-hydrogen) atoms. The van der Waals surface area contributed by atoms with Gasteiger partial charge in [0.2, 0.25) is 0 Å². The third kappa shape index (κ3) is 39.9. The predicted octanol–water partition coefficient (Wildman–Crippen LogP) is 14.7. The maximum Gasteiger partial charge on any atom is 0.306 e. The van der Waals surface area contributed by atoms with Crippen LogP contribution in [0.5, 0.6) is 0 Å². The molecular formula is C47H90O6. The van der Waals surface area contributed by atoms with E-state index >= 15 is 0 Å². The summed E-state index contributed by atoms with van der Waals surface area (Å²) in [5, 5.41) is 0. The van der Waals surface area contributed by atoms with E-state index in [0.29, 0.717) is 19.3 Å². The van der Waals surface area contributed by atoms with Gasteiger partial charge in [-0.05, 0) is 25.2 Å². The first kappa shape index (κ1) is 51.4. The number of rotatable bonds is 42. The fourth-order valence-corrected chi connectivity index (χ4v) is 6.95. The van der Waals surface area contributed by atoms with E-state index in [9.17, 15) is 14.4 Å². The zero-order valence-electron chi connectivity index (χ0n) is 36.0. The number of unbranched alkanes of at least 4 members (excludes halogenated alkanes) is 28. The van der Waals surface area contributed by atoms with Crippen molar-refractivity contribution in [3.63, 3.8) is 0 Å². The van der Waals surface area contributed by atoms with Crippen LogP contribution < -0.4 is 0 Å². The van der Waals surface area contributed by atoms with Crippen LogP contribution in [0.3, 0.4) is 0 Å². The fraction of sp³-hybridized carbons (Fsp3) is 0.936. The third-order valence-corrected chi connectivity index (χ3v) is 10.9. The van der Waals surface area contributed by atoms with Gasteiger partial charge in [-0.3, -0.25) is 14.4 Å². The second-order valence-corrected chi connectivity index (χ2v) is 16.3. The third-order valence-electron chi connectivity index (χ3n) is 10.9. The maximum atomic E-state index is 12.7. The van der Waals surface area contributed by atoms with Gasteiger partial charge in [0.15, 0.2) is 6.10 Å². The molecule has 314 valence electrons. The van der Waals surface area contributed by atoms with Crippen LogP contribution in [-0.4, -0.2) is 37.2 Å². The van der Waals surface area contributed by atoms with Crippen molar-refractivity contribution >= 4 is 17.9 Å². The van der Waals surface area contributed by atoms with Gasteiger partial charge in [-0.15, -0.1) is 0 Å². The van der Waals surface area contributed by atoms with Gasteiger partial charge < -0.3 is 14.2 Å². The van der Waals surface area contributed by atoms with Crippen molar-refractivity contribution < 1.29 is 28.6 Å². The molecule has 2 atom stereocenters. The van der Waals surface area contributed by atoms with Gasteiger partial charge in [-0.25, -0.2) is 0 Å². The molecule has 0 N–H and O–H groups in total. The molecule has 0 saturated heterocycles. The highest BCUT2D eigenvalue weighted by Gasteiger charge is 2.19. The molecule has 0 aliphatic heterocycles. The topological polar surface area (TPSA) is 78.9 Å². The van der Waals surface area contributed by atoms with Crippen LogP contribution in [0.4, 0.5) is 0 Å². The van der Waals surface area contributed by atoms with Crippen LogP contribution in [0.2, 0.25) is 0 Å². The van der Waals surface area contributed by atoms with Crippen molar-refractivity contribution in [2.45, 2.75) is 265 Å². The standard InChI is InChI=1S/C47H90O6/c1-5-8-10-12-14-15-16-17-18-19-20-21-22-27-31-35-39-46(49)52-42-44(41-51-45(48)38-34-30-25-13-11-9-6-2)53-47(50)40-36-32-28-24-23-26-29-33-37-43(4)7-3/h43-44H,5-42H2,1-4H3/t43?,44-/m0/s1. The fourth-order valence-electron chi connectivity index (χ4n) is 6.95. The number of carbonyl (C=O) groups is 3. The Morgan fingerprint density at radius 1 is 0.377 bits per heavy atom. The van der Waals surface area contributed by atoms with Gasteiger partial charge in [-0.2, -0.15) is 0 Å². The first-order valence-electron chi connectivity index (χ1n) is 23.4. The van der Waals surface area contributed by atoms with Crippen molar-refractivity contribution in [3.8, 4) is 0 Å². The number of esters is 3. The normalized spacial score (nSPS) is 12.5. The number of ether oxygens (including phenoxy) is 3. The summed E-state index contributed by atoms with van der Waals surface area (Å²) in [6.07, 6.45) is 40.9. The Morgan fingerprint density at radius 2 is 0.660 bits per heavy atom. The van der Waals surface area contributed by atoms with E-state index in [4.69, 9.17) is 14.2 Å². The lowest BCUT2D eigenvalue weighted by Gasteiger charge is -2.18. The molecule has 0 aromatic heterocycles. The lowest BCUT2D eigenvalue weighted by molar-refractivity contribution is -0.167. The summed E-state index contributed by atoms with van der Waals surface area (Å²) in [6, 6.07) is 0. The van der Waals surface area contributed by atoms with Gasteiger partial charge in [-0.1, -0.05) is 220 Å². The second kappa shape index (κ2) is 41.6. The van der Waals surface area contributed by atoms with Gasteiger partial charge in [0.05, 0.1) is 0 Å². The van der Waals surface area contributed by atoms with E-state index in [1.165, 1.54) is 154 Å². The summed E-state index contributed by atoms with van der Waals surface area (Å²) < 4.78 is 16.7. The average molecular weight is 751 g/mol. The SMILES string of the molecule is CCCCCCCCCCCCCCCCCCC(=O)OC[C@H](COC(=O)CCCCCCCCC)OC(=O)CCCCCCCCCCC(C)CC. The lowest BCUT2D eigenvalue weighted by Crippen LogP contribution is -2.30. The Morgan fingerprint density at radius 3 is 0.981 bits per heavy atom. The first-order chi connectivity index (χ1) is 25.9. The Kier molecular flexibility index (Phi) is 40.3. The summed E-state index contributed by atoms with van der Waals surface area (Å²) in [5.41, 5.74) is 0. The van der Waals surface area contributed by atoms with E-state index in [1.54, 1.807) is 0 Å². The van der Waals surface area contributed by atoms with Crippen LogP contribution in [0.25, 0.3) is 0 Å². The molecule has 0 spiro atoms. The molecule has 0 bridgehead atoms. The highest BCUT2D eigenvalue weighted by molar-refractivity contribution is 5.71. The van der Waals surface area contributed by atoms with E-state index in [1.807, 2.05) is 0 Å². The highest BCUT2D eigenvalue weighted by atomic mass is 16.6. The van der Waals surface area contributed by atoms with Crippen LogP contribution in [0.1, 0.15) is 259 Å². The van der Waals surface area contributed by atoms with Crippen molar-refractivity contribution in [1.82, 2.24) is 0 Å². The zero-order valence-corrected chi connectivity index (χ0v) is 36.0. The molecule has 0 aliphatic carbocycles. The molecule has 0 fully saturated rings. The lowest BCUT2D eigenvalue weighted by atomic mass is 9.99.